The lowest BCUT2D eigenvalue weighted by molar-refractivity contribution is -0.133. The minimum atomic E-state index is -0.0727. The Morgan fingerprint density at radius 3 is 2.53 bits per heavy atom. The quantitative estimate of drug-likeness (QED) is 0.609. The van der Waals surface area contributed by atoms with Crippen LogP contribution in [0.3, 0.4) is 0 Å². The van der Waals surface area contributed by atoms with Gasteiger partial charge >= 0.3 is 0 Å². The van der Waals surface area contributed by atoms with E-state index in [2.05, 4.69) is 13.8 Å². The minimum absolute atomic E-state index is 0.0336. The number of ketones is 2. The molecule has 3 aliphatic carbocycles. The van der Waals surface area contributed by atoms with Gasteiger partial charge in [0.2, 0.25) is 0 Å². The molecule has 1 unspecified atom stereocenters. The number of hydrogen-bond acceptors (Lipinski definition) is 2. The summed E-state index contributed by atoms with van der Waals surface area (Å²) in [5.41, 5.74) is 0.0787. The Bertz CT molecular complexity index is 386. The Labute approximate surface area is 90.4 Å². The van der Waals surface area contributed by atoms with Gasteiger partial charge in [-0.3, -0.25) is 9.59 Å². The van der Waals surface area contributed by atoms with E-state index in [0.717, 1.165) is 12.8 Å². The van der Waals surface area contributed by atoms with Crippen LogP contribution in [-0.4, -0.2) is 11.6 Å². The topological polar surface area (TPSA) is 34.1 Å². The largest absolute Gasteiger partial charge is 0.299 e. The molecule has 0 N–H and O–H groups in total. The highest BCUT2D eigenvalue weighted by molar-refractivity contribution is 5.96. The summed E-state index contributed by atoms with van der Waals surface area (Å²) in [4.78, 5) is 23.8. The maximum Gasteiger partial charge on any atom is 0.139 e. The average molecular weight is 206 g/mol. The second-order valence-electron chi connectivity index (χ2n) is 6.30. The van der Waals surface area contributed by atoms with Gasteiger partial charge in [-0.05, 0) is 23.7 Å². The first-order chi connectivity index (χ1) is 6.87. The molecule has 0 heterocycles. The molecular weight excluding hydrogens is 188 g/mol. The summed E-state index contributed by atoms with van der Waals surface area (Å²) in [6, 6.07) is 0. The van der Waals surface area contributed by atoms with Gasteiger partial charge in [-0.25, -0.2) is 0 Å². The predicted octanol–water partition coefficient (Wildman–Crippen LogP) is 2.36. The number of Topliss-reactive ketones (excluding diaryl/α,β-unsaturated/α-hetero) is 2. The lowest BCUT2D eigenvalue weighted by Gasteiger charge is -2.43. The van der Waals surface area contributed by atoms with E-state index in [9.17, 15) is 9.59 Å². The molecule has 15 heavy (non-hydrogen) atoms. The normalized spacial score (nSPS) is 57.7. The van der Waals surface area contributed by atoms with E-state index in [-0.39, 0.29) is 22.2 Å². The Morgan fingerprint density at radius 2 is 1.93 bits per heavy atom. The van der Waals surface area contributed by atoms with E-state index >= 15 is 0 Å². The summed E-state index contributed by atoms with van der Waals surface area (Å²) < 4.78 is 0. The van der Waals surface area contributed by atoms with Crippen molar-refractivity contribution in [1.82, 2.24) is 0 Å². The molecule has 3 rings (SSSR count). The van der Waals surface area contributed by atoms with Gasteiger partial charge in [0.25, 0.3) is 0 Å². The maximum absolute atomic E-state index is 12.0. The van der Waals surface area contributed by atoms with Crippen molar-refractivity contribution < 1.29 is 9.59 Å². The van der Waals surface area contributed by atoms with Crippen LogP contribution < -0.4 is 0 Å². The molecule has 2 heteroatoms. The fourth-order valence-corrected chi connectivity index (χ4v) is 4.58. The van der Waals surface area contributed by atoms with Crippen LogP contribution in [0, 0.1) is 22.2 Å². The molecule has 0 aromatic rings. The van der Waals surface area contributed by atoms with E-state index in [1.54, 1.807) is 0 Å². The highest BCUT2D eigenvalue weighted by Gasteiger charge is 2.81. The average Bonchev–Trinajstić information content (AvgIpc) is 2.75. The summed E-state index contributed by atoms with van der Waals surface area (Å²) in [6.45, 7) is 6.31. The molecule has 2 nitrogen and oxygen atoms in total. The molecule has 0 saturated heterocycles. The fraction of sp³-hybridized carbons (Fsp3) is 0.846. The van der Waals surface area contributed by atoms with Crippen molar-refractivity contribution in [3.05, 3.63) is 0 Å². The summed E-state index contributed by atoms with van der Waals surface area (Å²) in [7, 11) is 0. The molecule has 0 aromatic carbocycles. The molecule has 4 atom stereocenters. The summed E-state index contributed by atoms with van der Waals surface area (Å²) in [6.07, 6.45) is 3.32. The molecule has 0 amide bonds. The lowest BCUT2D eigenvalue weighted by Crippen LogP contribution is -2.42. The van der Waals surface area contributed by atoms with Gasteiger partial charge in [-0.2, -0.15) is 0 Å². The first kappa shape index (κ1) is 9.56. The number of carbonyl (C=O) groups is 2. The molecule has 0 aromatic heterocycles. The van der Waals surface area contributed by atoms with Crippen molar-refractivity contribution >= 4 is 11.6 Å². The third-order valence-corrected chi connectivity index (χ3v) is 6.06. The zero-order chi connectivity index (χ0) is 11.1. The third kappa shape index (κ3) is 0.734. The van der Waals surface area contributed by atoms with Crippen molar-refractivity contribution in [2.24, 2.45) is 22.2 Å². The highest BCUT2D eigenvalue weighted by atomic mass is 16.1. The SMILES string of the molecule is C[C@@H]1C(=O)CCC23C[C@]2(C)C(=O)C[C@@]13C. The van der Waals surface area contributed by atoms with Gasteiger partial charge in [0.1, 0.15) is 11.6 Å². The molecule has 0 bridgehead atoms. The lowest BCUT2D eigenvalue weighted by atomic mass is 9.59. The maximum atomic E-state index is 12.0. The number of rotatable bonds is 0. The van der Waals surface area contributed by atoms with Gasteiger partial charge < -0.3 is 0 Å². The zero-order valence-electron chi connectivity index (χ0n) is 9.72. The van der Waals surface area contributed by atoms with Crippen molar-refractivity contribution in [3.63, 3.8) is 0 Å². The standard InChI is InChI=1S/C13H18O2/c1-8-9(14)4-5-13-7-12(13,3)10(15)6-11(8,13)2/h8H,4-7H2,1-3H3/t8-,11+,12-,13?/m1/s1. The number of hydrogen-bond donors (Lipinski definition) is 0. The molecular formula is C13H18O2. The second-order valence-corrected chi connectivity index (χ2v) is 6.30. The minimum Gasteiger partial charge on any atom is -0.299 e. The van der Waals surface area contributed by atoms with Crippen LogP contribution in [0.5, 0.6) is 0 Å². The summed E-state index contributed by atoms with van der Waals surface area (Å²) in [5.74, 6) is 0.859. The first-order valence-electron chi connectivity index (χ1n) is 5.93. The van der Waals surface area contributed by atoms with Crippen molar-refractivity contribution in [3.8, 4) is 0 Å². The zero-order valence-corrected chi connectivity index (χ0v) is 9.72. The fourth-order valence-electron chi connectivity index (χ4n) is 4.58. The van der Waals surface area contributed by atoms with Gasteiger partial charge in [0.15, 0.2) is 0 Å². The molecule has 3 aliphatic rings. The van der Waals surface area contributed by atoms with E-state index in [1.807, 2.05) is 6.92 Å². The molecule has 3 fully saturated rings. The number of carbonyl (C=O) groups excluding carboxylic acids is 2. The van der Waals surface area contributed by atoms with Crippen LogP contribution in [0.15, 0.2) is 0 Å². The Balaban J connectivity index is 2.11. The monoisotopic (exact) mass is 206 g/mol. The van der Waals surface area contributed by atoms with Crippen LogP contribution in [0.2, 0.25) is 0 Å². The molecule has 82 valence electrons. The summed E-state index contributed by atoms with van der Waals surface area (Å²) in [5, 5.41) is 0. The van der Waals surface area contributed by atoms with E-state index < -0.39 is 0 Å². The second kappa shape index (κ2) is 2.21. The van der Waals surface area contributed by atoms with Crippen molar-refractivity contribution in [2.75, 3.05) is 0 Å². The predicted molar refractivity (Wildman–Crippen MR) is 56.3 cm³/mol. The van der Waals surface area contributed by atoms with Crippen molar-refractivity contribution in [2.45, 2.75) is 46.5 Å². The third-order valence-electron chi connectivity index (χ3n) is 6.06. The van der Waals surface area contributed by atoms with E-state index in [1.165, 1.54) is 0 Å². The molecule has 0 radical (unpaired) electrons. The van der Waals surface area contributed by atoms with Gasteiger partial charge in [0.05, 0.1) is 0 Å². The Hall–Kier alpha value is -0.660. The highest BCUT2D eigenvalue weighted by Crippen LogP contribution is 2.83. The van der Waals surface area contributed by atoms with Crippen LogP contribution in [0.1, 0.15) is 46.5 Å². The van der Waals surface area contributed by atoms with Gasteiger partial charge in [0, 0.05) is 24.2 Å². The van der Waals surface area contributed by atoms with Crippen LogP contribution >= 0.6 is 0 Å². The molecule has 3 saturated carbocycles. The van der Waals surface area contributed by atoms with Crippen molar-refractivity contribution in [1.29, 1.82) is 0 Å². The van der Waals surface area contributed by atoms with Gasteiger partial charge in [-0.15, -0.1) is 0 Å². The van der Waals surface area contributed by atoms with Crippen LogP contribution in [0.4, 0.5) is 0 Å². The molecule has 0 aliphatic heterocycles. The Morgan fingerprint density at radius 1 is 1.27 bits per heavy atom. The first-order valence-corrected chi connectivity index (χ1v) is 5.93. The van der Waals surface area contributed by atoms with E-state index in [4.69, 9.17) is 0 Å². The smallest absolute Gasteiger partial charge is 0.139 e. The van der Waals surface area contributed by atoms with Gasteiger partial charge in [-0.1, -0.05) is 20.8 Å². The van der Waals surface area contributed by atoms with Crippen LogP contribution in [-0.2, 0) is 9.59 Å². The summed E-state index contributed by atoms with van der Waals surface area (Å²) >= 11 is 0. The van der Waals surface area contributed by atoms with E-state index in [0.29, 0.717) is 24.4 Å². The van der Waals surface area contributed by atoms with Crippen LogP contribution in [0.25, 0.3) is 0 Å². The Kier molecular flexibility index (Phi) is 1.41. The molecule has 1 spiro atoms.